The van der Waals surface area contributed by atoms with E-state index in [1.54, 1.807) is 13.0 Å². The first-order valence-corrected chi connectivity index (χ1v) is 9.31. The lowest BCUT2D eigenvalue weighted by molar-refractivity contribution is -0.127. The Hall–Kier alpha value is -2.33. The van der Waals surface area contributed by atoms with E-state index < -0.39 is 0 Å². The third-order valence-corrected chi connectivity index (χ3v) is 5.19. The molecule has 4 nitrogen and oxygen atoms in total. The Morgan fingerprint density at radius 3 is 2.58 bits per heavy atom. The predicted octanol–water partition coefficient (Wildman–Crippen LogP) is 3.89. The third kappa shape index (κ3) is 4.07. The number of pyridine rings is 1. The Morgan fingerprint density at radius 1 is 1.27 bits per heavy atom. The van der Waals surface area contributed by atoms with Crippen LogP contribution in [0.1, 0.15) is 37.1 Å². The van der Waals surface area contributed by atoms with Gasteiger partial charge < -0.3 is 9.88 Å². The normalized spacial score (nSPS) is 17.6. The van der Waals surface area contributed by atoms with Gasteiger partial charge in [-0.25, -0.2) is 0 Å². The van der Waals surface area contributed by atoms with E-state index in [0.29, 0.717) is 6.54 Å². The summed E-state index contributed by atoms with van der Waals surface area (Å²) in [4.78, 5) is 28.3. The smallest absolute Gasteiger partial charge is 0.267 e. The number of likely N-dealkylation sites (tertiary alicyclic amines) is 1. The number of H-pyrrole nitrogens is 1. The molecule has 0 saturated carbocycles. The fourth-order valence-corrected chi connectivity index (χ4v) is 3.43. The number of amides is 1. The summed E-state index contributed by atoms with van der Waals surface area (Å²) in [6.07, 6.45) is 4.07. The number of nitrogens with one attached hydrogen (secondary N) is 1. The van der Waals surface area contributed by atoms with Gasteiger partial charge in [-0.05, 0) is 42.0 Å². The first-order chi connectivity index (χ1) is 12.5. The summed E-state index contributed by atoms with van der Waals surface area (Å²) in [7, 11) is 0. The van der Waals surface area contributed by atoms with Gasteiger partial charge in [0.1, 0.15) is 5.02 Å². The maximum Gasteiger partial charge on any atom is 0.267 e. The average molecular weight is 371 g/mol. The summed E-state index contributed by atoms with van der Waals surface area (Å²) in [6.45, 7) is 5.21. The molecular formula is C21H23ClN2O2. The molecule has 1 N–H and O–H groups in total. The molecule has 1 aromatic heterocycles. The number of hydrogen-bond donors (Lipinski definition) is 1. The highest BCUT2D eigenvalue weighted by molar-refractivity contribution is 6.30. The van der Waals surface area contributed by atoms with Crippen LogP contribution in [0.4, 0.5) is 0 Å². The number of carbonyl (C=O) groups excluding carboxylic acids is 1. The number of rotatable bonds is 4. The summed E-state index contributed by atoms with van der Waals surface area (Å²) in [5.41, 5.74) is 3.72. The number of aromatic nitrogens is 1. The van der Waals surface area contributed by atoms with Crippen molar-refractivity contribution in [3.63, 3.8) is 0 Å². The Morgan fingerprint density at radius 2 is 2.00 bits per heavy atom. The monoisotopic (exact) mass is 370 g/mol. The van der Waals surface area contributed by atoms with Gasteiger partial charge in [-0.1, -0.05) is 48.9 Å². The van der Waals surface area contributed by atoms with Gasteiger partial charge in [-0.3, -0.25) is 9.59 Å². The lowest BCUT2D eigenvalue weighted by atomic mass is 9.95. The van der Waals surface area contributed by atoms with Crippen LogP contribution in [0, 0.1) is 5.92 Å². The number of hydrogen-bond acceptors (Lipinski definition) is 2. The molecular weight excluding hydrogens is 348 g/mol. The largest absolute Gasteiger partial charge is 0.342 e. The standard InChI is InChI=1S/C21H23ClN2O2/c1-3-15-4-6-17(7-5-15)18(20-9-8-19(22)21(26)23-20)12-16-10-11-24(13-16)14(2)25/h4-9,12,16H,3,10-11,13H2,1-2H3,(H,23,26)/b18-12+/t16-/m1/s1. The minimum absolute atomic E-state index is 0.106. The van der Waals surface area contributed by atoms with Crippen molar-refractivity contribution < 1.29 is 4.79 Å². The molecule has 1 fully saturated rings. The van der Waals surface area contributed by atoms with Crippen LogP contribution in [-0.4, -0.2) is 28.9 Å². The van der Waals surface area contributed by atoms with Crippen molar-refractivity contribution in [2.45, 2.75) is 26.7 Å². The number of carbonyl (C=O) groups is 1. The van der Waals surface area contributed by atoms with E-state index in [1.807, 2.05) is 11.0 Å². The molecule has 1 amide bonds. The van der Waals surface area contributed by atoms with E-state index >= 15 is 0 Å². The molecule has 1 aliphatic rings. The second kappa shape index (κ2) is 7.92. The molecule has 136 valence electrons. The van der Waals surface area contributed by atoms with Gasteiger partial charge in [-0.2, -0.15) is 0 Å². The molecule has 2 heterocycles. The minimum Gasteiger partial charge on any atom is -0.342 e. The fraction of sp³-hybridized carbons (Fsp3) is 0.333. The van der Waals surface area contributed by atoms with Crippen molar-refractivity contribution in [2.24, 2.45) is 5.92 Å². The first-order valence-electron chi connectivity index (χ1n) is 8.93. The molecule has 1 aromatic carbocycles. The molecule has 5 heteroatoms. The lowest BCUT2D eigenvalue weighted by Crippen LogP contribution is -2.25. The van der Waals surface area contributed by atoms with Crippen molar-refractivity contribution in [1.29, 1.82) is 0 Å². The summed E-state index contributed by atoms with van der Waals surface area (Å²) < 4.78 is 0. The zero-order valence-corrected chi connectivity index (χ0v) is 15.8. The molecule has 0 aliphatic carbocycles. The summed E-state index contributed by atoms with van der Waals surface area (Å²) >= 11 is 5.89. The number of nitrogens with zero attached hydrogens (tertiary/aromatic N) is 1. The van der Waals surface area contributed by atoms with Crippen LogP contribution in [0.25, 0.3) is 5.57 Å². The topological polar surface area (TPSA) is 53.2 Å². The Kier molecular flexibility index (Phi) is 5.62. The van der Waals surface area contributed by atoms with Crippen LogP contribution in [0.15, 0.2) is 47.3 Å². The first kappa shape index (κ1) is 18.5. The molecule has 3 rings (SSSR count). The maximum absolute atomic E-state index is 12.0. The molecule has 0 bridgehead atoms. The van der Waals surface area contributed by atoms with Gasteiger partial charge in [-0.15, -0.1) is 0 Å². The highest BCUT2D eigenvalue weighted by Gasteiger charge is 2.23. The summed E-state index contributed by atoms with van der Waals surface area (Å²) in [5.74, 6) is 0.369. The summed E-state index contributed by atoms with van der Waals surface area (Å²) in [5, 5.41) is 0.179. The van der Waals surface area contributed by atoms with Gasteiger partial charge in [0.25, 0.3) is 5.56 Å². The van der Waals surface area contributed by atoms with Crippen LogP contribution in [0.5, 0.6) is 0 Å². The van der Waals surface area contributed by atoms with Crippen LogP contribution < -0.4 is 5.56 Å². The molecule has 1 atom stereocenters. The van der Waals surface area contributed by atoms with Crippen LogP contribution >= 0.6 is 11.6 Å². The predicted molar refractivity (Wildman–Crippen MR) is 105 cm³/mol. The van der Waals surface area contributed by atoms with Crippen molar-refractivity contribution in [1.82, 2.24) is 9.88 Å². The molecule has 1 aliphatic heterocycles. The van der Waals surface area contributed by atoms with Crippen molar-refractivity contribution >= 4 is 23.1 Å². The van der Waals surface area contributed by atoms with Gasteiger partial charge in [0, 0.05) is 31.3 Å². The van der Waals surface area contributed by atoms with Gasteiger partial charge >= 0.3 is 0 Å². The zero-order chi connectivity index (χ0) is 18.7. The Labute approximate surface area is 158 Å². The number of benzene rings is 1. The maximum atomic E-state index is 12.0. The lowest BCUT2D eigenvalue weighted by Gasteiger charge is -2.14. The van der Waals surface area contributed by atoms with E-state index in [4.69, 9.17) is 11.6 Å². The highest BCUT2D eigenvalue weighted by atomic mass is 35.5. The van der Waals surface area contributed by atoms with Gasteiger partial charge in [0.15, 0.2) is 0 Å². The van der Waals surface area contributed by atoms with Crippen molar-refractivity contribution in [3.8, 4) is 0 Å². The van der Waals surface area contributed by atoms with Crippen LogP contribution in [0.3, 0.4) is 0 Å². The quantitative estimate of drug-likeness (QED) is 0.887. The van der Waals surface area contributed by atoms with E-state index in [9.17, 15) is 9.59 Å². The van der Waals surface area contributed by atoms with Gasteiger partial charge in [0.2, 0.25) is 5.91 Å². The average Bonchev–Trinajstić information content (AvgIpc) is 3.11. The second-order valence-corrected chi connectivity index (χ2v) is 7.10. The van der Waals surface area contributed by atoms with E-state index in [-0.39, 0.29) is 22.4 Å². The molecule has 26 heavy (non-hydrogen) atoms. The van der Waals surface area contributed by atoms with E-state index in [0.717, 1.165) is 36.2 Å². The van der Waals surface area contributed by atoms with E-state index in [1.165, 1.54) is 5.56 Å². The highest BCUT2D eigenvalue weighted by Crippen LogP contribution is 2.28. The van der Waals surface area contributed by atoms with Crippen LogP contribution in [0.2, 0.25) is 5.02 Å². The molecule has 0 spiro atoms. The molecule has 0 radical (unpaired) electrons. The Balaban J connectivity index is 2.00. The molecule has 1 saturated heterocycles. The number of aryl methyl sites for hydroxylation is 1. The second-order valence-electron chi connectivity index (χ2n) is 6.69. The Bertz CT molecular complexity index is 884. The number of halogens is 1. The number of aromatic amines is 1. The molecule has 2 aromatic rings. The van der Waals surface area contributed by atoms with Crippen LogP contribution in [-0.2, 0) is 11.2 Å². The van der Waals surface area contributed by atoms with Crippen molar-refractivity contribution in [3.05, 3.63) is 74.7 Å². The minimum atomic E-state index is -0.294. The van der Waals surface area contributed by atoms with Crippen molar-refractivity contribution in [2.75, 3.05) is 13.1 Å². The van der Waals surface area contributed by atoms with E-state index in [2.05, 4.69) is 42.2 Å². The summed E-state index contributed by atoms with van der Waals surface area (Å²) in [6, 6.07) is 11.8. The van der Waals surface area contributed by atoms with Gasteiger partial charge in [0.05, 0.1) is 0 Å². The fourth-order valence-electron chi connectivity index (χ4n) is 3.32. The SMILES string of the molecule is CCc1ccc(/C(=C\[C@H]2CCN(C(C)=O)C2)c2ccc(Cl)c(=O)[nH]2)cc1. The molecule has 0 unspecified atom stereocenters. The zero-order valence-electron chi connectivity index (χ0n) is 15.1. The third-order valence-electron chi connectivity index (χ3n) is 4.90.